The van der Waals surface area contributed by atoms with Crippen LogP contribution in [0.4, 0.5) is 11.4 Å². The van der Waals surface area contributed by atoms with Crippen molar-refractivity contribution in [1.29, 1.82) is 0 Å². The van der Waals surface area contributed by atoms with Crippen molar-refractivity contribution in [1.82, 2.24) is 0 Å². The van der Waals surface area contributed by atoms with Gasteiger partial charge in [-0.2, -0.15) is 0 Å². The van der Waals surface area contributed by atoms with Crippen LogP contribution < -0.4 is 4.72 Å². The summed E-state index contributed by atoms with van der Waals surface area (Å²) in [6.07, 6.45) is 0. The average molecular weight is 357 g/mol. The highest BCUT2D eigenvalue weighted by molar-refractivity contribution is 8.13. The van der Waals surface area contributed by atoms with E-state index in [1.165, 1.54) is 0 Å². The van der Waals surface area contributed by atoms with Gasteiger partial charge in [-0.15, -0.1) is 0 Å². The molecular weight excluding hydrogens is 344 g/mol. The summed E-state index contributed by atoms with van der Waals surface area (Å²) < 4.78 is 48.0. The van der Waals surface area contributed by atoms with Crippen LogP contribution in [0.3, 0.4) is 0 Å². The maximum absolute atomic E-state index is 11.8. The molecule has 0 heterocycles. The number of nitro benzene ring substituents is 1. The number of halogens is 1. The highest BCUT2D eigenvalue weighted by atomic mass is 35.7. The lowest BCUT2D eigenvalue weighted by molar-refractivity contribution is -0.384. The molecule has 0 atom stereocenters. The molecule has 0 unspecified atom stereocenters. The lowest BCUT2D eigenvalue weighted by Crippen LogP contribution is -2.20. The fourth-order valence-corrected chi connectivity index (χ4v) is 3.79. The highest BCUT2D eigenvalue weighted by Crippen LogP contribution is 2.29. The third-order valence-corrected chi connectivity index (χ3v) is 5.25. The predicted octanol–water partition coefficient (Wildman–Crippen LogP) is 1.92. The van der Waals surface area contributed by atoms with Crippen LogP contribution in [-0.2, 0) is 19.1 Å². The Kier molecular flexibility index (Phi) is 5.18. The normalized spacial score (nSPS) is 12.4. The van der Waals surface area contributed by atoms with E-state index in [-0.39, 0.29) is 17.4 Å². The molecule has 0 amide bonds. The third-order valence-electron chi connectivity index (χ3n) is 2.27. The van der Waals surface area contributed by atoms with E-state index in [2.05, 4.69) is 4.72 Å². The summed E-state index contributed by atoms with van der Waals surface area (Å²) in [5.41, 5.74) is -1.01. The molecule has 0 aliphatic carbocycles. The standard InChI is InChI=1S/C10H13ClN2O6S2/c1-7(2)6-20(16,17)12-9-4-3-8(21(11,18)19)5-10(9)13(14)15/h3-5,7,12H,6H2,1-2H3. The Morgan fingerprint density at radius 3 is 2.29 bits per heavy atom. The van der Waals surface area contributed by atoms with Crippen LogP contribution in [0.1, 0.15) is 13.8 Å². The summed E-state index contributed by atoms with van der Waals surface area (Å²) in [7, 11) is -2.82. The van der Waals surface area contributed by atoms with Gasteiger partial charge in [-0.05, 0) is 18.1 Å². The van der Waals surface area contributed by atoms with Crippen molar-refractivity contribution in [2.24, 2.45) is 5.92 Å². The zero-order chi connectivity index (χ0) is 16.4. The Balaban J connectivity index is 3.29. The molecule has 0 saturated heterocycles. The number of hydrogen-bond acceptors (Lipinski definition) is 6. The van der Waals surface area contributed by atoms with E-state index in [0.29, 0.717) is 6.07 Å². The van der Waals surface area contributed by atoms with Gasteiger partial charge in [0.15, 0.2) is 0 Å². The molecule has 1 aromatic carbocycles. The van der Waals surface area contributed by atoms with Crippen molar-refractivity contribution in [3.63, 3.8) is 0 Å². The number of sulfonamides is 1. The maximum atomic E-state index is 11.8. The summed E-state index contributed by atoms with van der Waals surface area (Å²) in [5.74, 6) is -0.399. The van der Waals surface area contributed by atoms with Gasteiger partial charge in [0, 0.05) is 16.7 Å². The molecule has 0 aliphatic heterocycles. The molecular formula is C10H13ClN2O6S2. The van der Waals surface area contributed by atoms with E-state index in [0.717, 1.165) is 12.1 Å². The van der Waals surface area contributed by atoms with Gasteiger partial charge in [0.05, 0.1) is 15.6 Å². The van der Waals surface area contributed by atoms with Crippen LogP contribution in [0.5, 0.6) is 0 Å². The minimum atomic E-state index is -4.15. The van der Waals surface area contributed by atoms with Gasteiger partial charge >= 0.3 is 0 Å². The number of benzene rings is 1. The summed E-state index contributed by atoms with van der Waals surface area (Å²) in [6, 6.07) is 2.68. The second-order valence-electron chi connectivity index (χ2n) is 4.65. The Labute approximate surface area is 126 Å². The zero-order valence-electron chi connectivity index (χ0n) is 11.1. The number of nitro groups is 1. The number of nitrogens with one attached hydrogen (secondary N) is 1. The van der Waals surface area contributed by atoms with E-state index in [1.54, 1.807) is 13.8 Å². The first-order valence-electron chi connectivity index (χ1n) is 5.66. The van der Waals surface area contributed by atoms with Crippen molar-refractivity contribution in [3.8, 4) is 0 Å². The monoisotopic (exact) mass is 356 g/mol. The predicted molar refractivity (Wildman–Crippen MR) is 78.4 cm³/mol. The zero-order valence-corrected chi connectivity index (χ0v) is 13.5. The van der Waals surface area contributed by atoms with Crippen molar-refractivity contribution in [2.75, 3.05) is 10.5 Å². The molecule has 1 rings (SSSR count). The minimum Gasteiger partial charge on any atom is -0.277 e. The fraction of sp³-hybridized carbons (Fsp3) is 0.400. The molecule has 1 N–H and O–H groups in total. The number of hydrogen-bond donors (Lipinski definition) is 1. The summed E-state index contributed by atoms with van der Waals surface area (Å²) in [4.78, 5) is 9.57. The van der Waals surface area contributed by atoms with Crippen molar-refractivity contribution in [2.45, 2.75) is 18.7 Å². The van der Waals surface area contributed by atoms with Gasteiger partial charge in [0.1, 0.15) is 5.69 Å². The molecule has 118 valence electrons. The van der Waals surface area contributed by atoms with Crippen LogP contribution in [0.2, 0.25) is 0 Å². The Hall–Kier alpha value is -1.39. The molecule has 0 spiro atoms. The molecule has 11 heteroatoms. The van der Waals surface area contributed by atoms with Crippen molar-refractivity contribution < 1.29 is 21.8 Å². The lowest BCUT2D eigenvalue weighted by Gasteiger charge is -2.10. The Morgan fingerprint density at radius 2 is 1.86 bits per heavy atom. The number of rotatable bonds is 6. The van der Waals surface area contributed by atoms with E-state index in [1.807, 2.05) is 0 Å². The van der Waals surface area contributed by atoms with Gasteiger partial charge < -0.3 is 0 Å². The average Bonchev–Trinajstić information content (AvgIpc) is 2.24. The summed E-state index contributed by atoms with van der Waals surface area (Å²) in [5, 5.41) is 10.9. The van der Waals surface area contributed by atoms with Crippen molar-refractivity contribution in [3.05, 3.63) is 28.3 Å². The topological polar surface area (TPSA) is 123 Å². The quantitative estimate of drug-likeness (QED) is 0.471. The summed E-state index contributed by atoms with van der Waals surface area (Å²) in [6.45, 7) is 3.35. The fourth-order valence-electron chi connectivity index (χ4n) is 1.55. The second-order valence-corrected chi connectivity index (χ2v) is 8.98. The first-order valence-corrected chi connectivity index (χ1v) is 9.62. The second kappa shape index (κ2) is 6.16. The molecule has 0 aromatic heterocycles. The molecule has 0 bridgehead atoms. The lowest BCUT2D eigenvalue weighted by atomic mass is 10.3. The van der Waals surface area contributed by atoms with Gasteiger partial charge in [0.2, 0.25) is 10.0 Å². The first-order chi connectivity index (χ1) is 9.42. The van der Waals surface area contributed by atoms with Gasteiger partial charge in [-0.1, -0.05) is 13.8 Å². The molecule has 8 nitrogen and oxygen atoms in total. The van der Waals surface area contributed by atoms with Crippen LogP contribution in [-0.4, -0.2) is 27.5 Å². The molecule has 0 radical (unpaired) electrons. The Bertz CT molecular complexity index is 758. The Morgan fingerprint density at radius 1 is 1.29 bits per heavy atom. The van der Waals surface area contributed by atoms with Gasteiger partial charge in [-0.3, -0.25) is 14.8 Å². The SMILES string of the molecule is CC(C)CS(=O)(=O)Nc1ccc(S(=O)(=O)Cl)cc1[N+](=O)[O-]. The highest BCUT2D eigenvalue weighted by Gasteiger charge is 2.23. The number of anilines is 1. The summed E-state index contributed by atoms with van der Waals surface area (Å²) >= 11 is 0. The first kappa shape index (κ1) is 17.7. The smallest absolute Gasteiger partial charge is 0.277 e. The van der Waals surface area contributed by atoms with Crippen LogP contribution >= 0.6 is 10.7 Å². The maximum Gasteiger partial charge on any atom is 0.294 e. The van der Waals surface area contributed by atoms with Crippen molar-refractivity contribution >= 4 is 41.1 Å². The largest absolute Gasteiger partial charge is 0.294 e. The van der Waals surface area contributed by atoms with Crippen LogP contribution in [0, 0.1) is 16.0 Å². The number of nitrogens with zero attached hydrogens (tertiary/aromatic N) is 1. The van der Waals surface area contributed by atoms with Crippen LogP contribution in [0.15, 0.2) is 23.1 Å². The van der Waals surface area contributed by atoms with E-state index in [9.17, 15) is 26.9 Å². The van der Waals surface area contributed by atoms with E-state index < -0.39 is 34.6 Å². The van der Waals surface area contributed by atoms with E-state index in [4.69, 9.17) is 10.7 Å². The molecule has 1 aromatic rings. The van der Waals surface area contributed by atoms with Crippen LogP contribution in [0.25, 0.3) is 0 Å². The van der Waals surface area contributed by atoms with Gasteiger partial charge in [-0.25, -0.2) is 16.8 Å². The minimum absolute atomic E-state index is 0.177. The molecule has 0 fully saturated rings. The van der Waals surface area contributed by atoms with E-state index >= 15 is 0 Å². The van der Waals surface area contributed by atoms with Gasteiger partial charge in [0.25, 0.3) is 14.7 Å². The molecule has 0 aliphatic rings. The molecule has 0 saturated carbocycles. The molecule has 21 heavy (non-hydrogen) atoms. The third kappa shape index (κ3) is 5.14.